The van der Waals surface area contributed by atoms with E-state index in [0.717, 1.165) is 18.5 Å². The van der Waals surface area contributed by atoms with E-state index in [0.29, 0.717) is 23.1 Å². The molecule has 1 fully saturated rings. The average molecular weight is 246 g/mol. The number of hydrogen-bond acceptors (Lipinski definition) is 4. The molecule has 1 heterocycles. The van der Waals surface area contributed by atoms with Crippen LogP contribution in [0.2, 0.25) is 0 Å². The lowest BCUT2D eigenvalue weighted by molar-refractivity contribution is 0.353. The van der Waals surface area contributed by atoms with E-state index in [4.69, 9.17) is 14.7 Å². The van der Waals surface area contributed by atoms with Crippen molar-refractivity contribution in [3.63, 3.8) is 0 Å². The van der Waals surface area contributed by atoms with Crippen molar-refractivity contribution in [1.82, 2.24) is 5.32 Å². The van der Waals surface area contributed by atoms with E-state index in [9.17, 15) is 0 Å². The average Bonchev–Trinajstić information content (AvgIpc) is 2.90. The van der Waals surface area contributed by atoms with Crippen LogP contribution in [0.1, 0.15) is 24.0 Å². The SMILES string of the molecule is COc1cc(CC2CCCN2)cc(C#N)c1OC. The van der Waals surface area contributed by atoms with Gasteiger partial charge >= 0.3 is 0 Å². The van der Waals surface area contributed by atoms with Gasteiger partial charge in [-0.3, -0.25) is 0 Å². The summed E-state index contributed by atoms with van der Waals surface area (Å²) in [5, 5.41) is 12.6. The third-order valence-electron chi connectivity index (χ3n) is 3.30. The zero-order chi connectivity index (χ0) is 13.0. The van der Waals surface area contributed by atoms with E-state index in [1.54, 1.807) is 14.2 Å². The monoisotopic (exact) mass is 246 g/mol. The van der Waals surface area contributed by atoms with Crippen LogP contribution in [0, 0.1) is 11.3 Å². The smallest absolute Gasteiger partial charge is 0.178 e. The molecule has 0 bridgehead atoms. The van der Waals surface area contributed by atoms with Crippen LogP contribution in [0.15, 0.2) is 12.1 Å². The molecule has 1 unspecified atom stereocenters. The molecule has 0 spiro atoms. The van der Waals surface area contributed by atoms with Crippen molar-refractivity contribution in [1.29, 1.82) is 5.26 Å². The van der Waals surface area contributed by atoms with Crippen LogP contribution >= 0.6 is 0 Å². The summed E-state index contributed by atoms with van der Waals surface area (Å²) in [6.45, 7) is 1.09. The molecule has 1 aromatic rings. The zero-order valence-corrected chi connectivity index (χ0v) is 10.8. The van der Waals surface area contributed by atoms with Crippen molar-refractivity contribution >= 4 is 0 Å². The molecule has 0 amide bonds. The molecule has 1 N–H and O–H groups in total. The van der Waals surface area contributed by atoms with Crippen LogP contribution in [-0.4, -0.2) is 26.8 Å². The van der Waals surface area contributed by atoms with E-state index in [-0.39, 0.29) is 0 Å². The van der Waals surface area contributed by atoms with Gasteiger partial charge in [0, 0.05) is 6.04 Å². The summed E-state index contributed by atoms with van der Waals surface area (Å²) >= 11 is 0. The Morgan fingerprint density at radius 2 is 2.22 bits per heavy atom. The van der Waals surface area contributed by atoms with Crippen LogP contribution < -0.4 is 14.8 Å². The lowest BCUT2D eigenvalue weighted by Crippen LogP contribution is -2.23. The highest BCUT2D eigenvalue weighted by atomic mass is 16.5. The summed E-state index contributed by atoms with van der Waals surface area (Å²) in [7, 11) is 3.15. The third kappa shape index (κ3) is 2.57. The van der Waals surface area contributed by atoms with Crippen molar-refractivity contribution in [2.24, 2.45) is 0 Å². The molecule has 2 rings (SSSR count). The maximum atomic E-state index is 9.15. The molecule has 1 saturated heterocycles. The lowest BCUT2D eigenvalue weighted by atomic mass is 10.0. The fourth-order valence-corrected chi connectivity index (χ4v) is 2.44. The topological polar surface area (TPSA) is 54.3 Å². The van der Waals surface area contributed by atoms with Crippen LogP contribution in [0.5, 0.6) is 11.5 Å². The van der Waals surface area contributed by atoms with Gasteiger partial charge in [0.2, 0.25) is 0 Å². The molecule has 4 heteroatoms. The molecule has 1 aliphatic heterocycles. The highest BCUT2D eigenvalue weighted by molar-refractivity contribution is 5.55. The van der Waals surface area contributed by atoms with Crippen molar-refractivity contribution in [3.05, 3.63) is 23.3 Å². The molecule has 1 aliphatic rings. The number of nitrogens with zero attached hydrogens (tertiary/aromatic N) is 1. The molecule has 0 aromatic heterocycles. The maximum Gasteiger partial charge on any atom is 0.178 e. The Kier molecular flexibility index (Phi) is 4.06. The van der Waals surface area contributed by atoms with Crippen LogP contribution in [0.25, 0.3) is 0 Å². The van der Waals surface area contributed by atoms with Gasteiger partial charge in [0.1, 0.15) is 6.07 Å². The third-order valence-corrected chi connectivity index (χ3v) is 3.30. The van der Waals surface area contributed by atoms with Crippen molar-refractivity contribution in [2.75, 3.05) is 20.8 Å². The predicted molar refractivity (Wildman–Crippen MR) is 69.0 cm³/mol. The van der Waals surface area contributed by atoms with Crippen LogP contribution in [0.4, 0.5) is 0 Å². The van der Waals surface area contributed by atoms with Crippen LogP contribution in [0.3, 0.4) is 0 Å². The molecule has 1 atom stereocenters. The van der Waals surface area contributed by atoms with Gasteiger partial charge in [0.05, 0.1) is 19.8 Å². The Morgan fingerprint density at radius 1 is 1.39 bits per heavy atom. The second-order valence-electron chi connectivity index (χ2n) is 4.49. The first-order valence-corrected chi connectivity index (χ1v) is 6.17. The first-order chi connectivity index (χ1) is 8.78. The molecule has 1 aromatic carbocycles. The minimum absolute atomic E-state index is 0.509. The van der Waals surface area contributed by atoms with Gasteiger partial charge in [-0.25, -0.2) is 0 Å². The van der Waals surface area contributed by atoms with Gasteiger partial charge in [-0.15, -0.1) is 0 Å². The number of hydrogen-bond donors (Lipinski definition) is 1. The van der Waals surface area contributed by atoms with Crippen LogP contribution in [-0.2, 0) is 6.42 Å². The number of nitriles is 1. The van der Waals surface area contributed by atoms with Gasteiger partial charge in [-0.1, -0.05) is 0 Å². The molecule has 0 radical (unpaired) electrons. The maximum absolute atomic E-state index is 9.15. The first-order valence-electron chi connectivity index (χ1n) is 6.17. The molecule has 18 heavy (non-hydrogen) atoms. The predicted octanol–water partition coefficient (Wildman–Crippen LogP) is 1.87. The van der Waals surface area contributed by atoms with E-state index < -0.39 is 0 Å². The fourth-order valence-electron chi connectivity index (χ4n) is 2.44. The number of benzene rings is 1. The molecular formula is C14H18N2O2. The van der Waals surface area contributed by atoms with Crippen molar-refractivity contribution in [2.45, 2.75) is 25.3 Å². The first kappa shape index (κ1) is 12.7. The zero-order valence-electron chi connectivity index (χ0n) is 10.8. The van der Waals surface area contributed by atoms with Gasteiger partial charge in [0.15, 0.2) is 11.5 Å². The highest BCUT2D eigenvalue weighted by Crippen LogP contribution is 2.32. The number of methoxy groups -OCH3 is 2. The molecule has 96 valence electrons. The largest absolute Gasteiger partial charge is 0.493 e. The molecule has 0 aliphatic carbocycles. The van der Waals surface area contributed by atoms with E-state index in [1.807, 2.05) is 12.1 Å². The summed E-state index contributed by atoms with van der Waals surface area (Å²) in [4.78, 5) is 0. The minimum atomic E-state index is 0.509. The summed E-state index contributed by atoms with van der Waals surface area (Å²) in [5.41, 5.74) is 1.65. The van der Waals surface area contributed by atoms with Gasteiger partial charge < -0.3 is 14.8 Å². The van der Waals surface area contributed by atoms with Gasteiger partial charge in [-0.2, -0.15) is 5.26 Å². The Bertz CT molecular complexity index is 460. The normalized spacial score (nSPS) is 18.4. The Hall–Kier alpha value is -1.73. The van der Waals surface area contributed by atoms with Gasteiger partial charge in [-0.05, 0) is 43.5 Å². The number of nitrogens with one attached hydrogen (secondary N) is 1. The highest BCUT2D eigenvalue weighted by Gasteiger charge is 2.17. The van der Waals surface area contributed by atoms with E-state index in [1.165, 1.54) is 12.8 Å². The second-order valence-corrected chi connectivity index (χ2v) is 4.49. The van der Waals surface area contributed by atoms with Crippen molar-refractivity contribution < 1.29 is 9.47 Å². The van der Waals surface area contributed by atoms with E-state index in [2.05, 4.69) is 11.4 Å². The second kappa shape index (κ2) is 5.74. The van der Waals surface area contributed by atoms with Crippen molar-refractivity contribution in [3.8, 4) is 17.6 Å². The molecule has 0 saturated carbocycles. The quantitative estimate of drug-likeness (QED) is 0.881. The summed E-state index contributed by atoms with van der Waals surface area (Å²) < 4.78 is 10.5. The summed E-state index contributed by atoms with van der Waals surface area (Å²) in [6.07, 6.45) is 3.34. The Balaban J connectivity index is 2.28. The summed E-state index contributed by atoms with van der Waals surface area (Å²) in [6, 6.07) is 6.52. The number of rotatable bonds is 4. The Morgan fingerprint density at radius 3 is 2.78 bits per heavy atom. The lowest BCUT2D eigenvalue weighted by Gasteiger charge is -2.14. The fraction of sp³-hybridized carbons (Fsp3) is 0.500. The molecular weight excluding hydrogens is 228 g/mol. The number of ether oxygens (including phenoxy) is 2. The minimum Gasteiger partial charge on any atom is -0.493 e. The standard InChI is InChI=1S/C14H18N2O2/c1-17-13-8-10(7-12-4-3-5-16-12)6-11(9-15)14(13)18-2/h6,8,12,16H,3-5,7H2,1-2H3. The molecule has 4 nitrogen and oxygen atoms in total. The van der Waals surface area contributed by atoms with E-state index >= 15 is 0 Å². The Labute approximate surface area is 108 Å². The summed E-state index contributed by atoms with van der Waals surface area (Å²) in [5.74, 6) is 1.15. The van der Waals surface area contributed by atoms with Gasteiger partial charge in [0.25, 0.3) is 0 Å².